The van der Waals surface area contributed by atoms with Crippen LogP contribution in [-0.2, 0) is 7.05 Å². The van der Waals surface area contributed by atoms with Gasteiger partial charge in [-0.2, -0.15) is 5.10 Å². The van der Waals surface area contributed by atoms with E-state index in [4.69, 9.17) is 4.74 Å². The van der Waals surface area contributed by atoms with E-state index >= 15 is 0 Å². The molecular formula is C14H16N2O2. The van der Waals surface area contributed by atoms with Gasteiger partial charge in [-0.05, 0) is 37.6 Å². The molecule has 2 aromatic rings. The molecule has 1 heterocycles. The molecule has 0 aliphatic carbocycles. The second kappa shape index (κ2) is 4.64. The third kappa shape index (κ3) is 2.01. The predicted octanol–water partition coefficient (Wildman–Crippen LogP) is 2.28. The molecular weight excluding hydrogens is 228 g/mol. The van der Waals surface area contributed by atoms with Crippen molar-refractivity contribution in [2.75, 3.05) is 7.11 Å². The lowest BCUT2D eigenvalue weighted by Crippen LogP contribution is -2.05. The van der Waals surface area contributed by atoms with Gasteiger partial charge in [0.25, 0.3) is 0 Å². The van der Waals surface area contributed by atoms with E-state index < -0.39 is 0 Å². The van der Waals surface area contributed by atoms with Crippen molar-refractivity contribution in [1.29, 1.82) is 0 Å². The van der Waals surface area contributed by atoms with Crippen LogP contribution in [0.4, 0.5) is 0 Å². The largest absolute Gasteiger partial charge is 0.497 e. The predicted molar refractivity (Wildman–Crippen MR) is 69.1 cm³/mol. The van der Waals surface area contributed by atoms with Gasteiger partial charge in [-0.1, -0.05) is 0 Å². The Kier molecular flexibility index (Phi) is 3.19. The van der Waals surface area contributed by atoms with Crippen LogP contribution in [0.2, 0.25) is 0 Å². The third-order valence-electron chi connectivity index (χ3n) is 3.16. The third-order valence-corrected chi connectivity index (χ3v) is 3.16. The molecule has 0 radical (unpaired) electrons. The maximum absolute atomic E-state index is 12.4. The Morgan fingerprint density at radius 2 is 2.00 bits per heavy atom. The Labute approximate surface area is 106 Å². The Hall–Kier alpha value is -2.10. The van der Waals surface area contributed by atoms with E-state index in [9.17, 15) is 4.79 Å². The molecule has 18 heavy (non-hydrogen) atoms. The summed E-state index contributed by atoms with van der Waals surface area (Å²) in [5.41, 5.74) is 3.11. The molecule has 0 spiro atoms. The standard InChI is InChI=1S/C14H16N2O2/c1-9-7-11(18-4)5-6-12(9)14(17)13-8-15-16(3)10(13)2/h5-8H,1-4H3. The van der Waals surface area contributed by atoms with Gasteiger partial charge in [-0.25, -0.2) is 0 Å². The number of carbonyl (C=O) groups excluding carboxylic acids is 1. The zero-order chi connectivity index (χ0) is 13.3. The van der Waals surface area contributed by atoms with Crippen molar-refractivity contribution in [3.05, 3.63) is 46.8 Å². The summed E-state index contributed by atoms with van der Waals surface area (Å²) >= 11 is 0. The summed E-state index contributed by atoms with van der Waals surface area (Å²) in [6.07, 6.45) is 1.61. The molecule has 0 aliphatic rings. The van der Waals surface area contributed by atoms with Crippen molar-refractivity contribution in [3.8, 4) is 5.75 Å². The molecule has 0 unspecified atom stereocenters. The fourth-order valence-electron chi connectivity index (χ4n) is 1.88. The molecule has 4 nitrogen and oxygen atoms in total. The molecule has 94 valence electrons. The normalized spacial score (nSPS) is 10.4. The average Bonchev–Trinajstić information content (AvgIpc) is 2.69. The van der Waals surface area contributed by atoms with E-state index in [1.54, 1.807) is 30.1 Å². The fourth-order valence-corrected chi connectivity index (χ4v) is 1.88. The summed E-state index contributed by atoms with van der Waals surface area (Å²) in [4.78, 5) is 12.4. The minimum atomic E-state index is 0.000697. The lowest BCUT2D eigenvalue weighted by Gasteiger charge is -2.07. The van der Waals surface area contributed by atoms with E-state index in [2.05, 4.69) is 5.10 Å². The number of hydrogen-bond acceptors (Lipinski definition) is 3. The van der Waals surface area contributed by atoms with Gasteiger partial charge in [0.2, 0.25) is 0 Å². The number of hydrogen-bond donors (Lipinski definition) is 0. The number of carbonyl (C=O) groups is 1. The summed E-state index contributed by atoms with van der Waals surface area (Å²) in [5, 5.41) is 4.10. The van der Waals surface area contributed by atoms with Gasteiger partial charge < -0.3 is 4.74 Å². The Morgan fingerprint density at radius 3 is 2.50 bits per heavy atom. The number of methoxy groups -OCH3 is 1. The molecule has 0 amide bonds. The van der Waals surface area contributed by atoms with Crippen LogP contribution < -0.4 is 4.74 Å². The van der Waals surface area contributed by atoms with Crippen molar-refractivity contribution >= 4 is 5.78 Å². The van der Waals surface area contributed by atoms with Crippen LogP contribution in [0, 0.1) is 13.8 Å². The summed E-state index contributed by atoms with van der Waals surface area (Å²) in [5.74, 6) is 0.757. The molecule has 4 heteroatoms. The monoisotopic (exact) mass is 244 g/mol. The van der Waals surface area contributed by atoms with E-state index in [1.807, 2.05) is 27.0 Å². The van der Waals surface area contributed by atoms with E-state index in [0.29, 0.717) is 11.1 Å². The zero-order valence-electron chi connectivity index (χ0n) is 11.0. The molecule has 0 saturated carbocycles. The first kappa shape index (κ1) is 12.4. The Morgan fingerprint density at radius 1 is 1.28 bits per heavy atom. The number of ether oxygens (including phenoxy) is 1. The minimum absolute atomic E-state index is 0.000697. The lowest BCUT2D eigenvalue weighted by molar-refractivity contribution is 0.103. The van der Waals surface area contributed by atoms with Crippen molar-refractivity contribution in [2.24, 2.45) is 7.05 Å². The summed E-state index contributed by atoms with van der Waals surface area (Å²) in [7, 11) is 3.44. The first-order valence-corrected chi connectivity index (χ1v) is 5.72. The minimum Gasteiger partial charge on any atom is -0.497 e. The van der Waals surface area contributed by atoms with Gasteiger partial charge in [-0.3, -0.25) is 9.48 Å². The van der Waals surface area contributed by atoms with Gasteiger partial charge in [0, 0.05) is 18.3 Å². The van der Waals surface area contributed by atoms with Crippen molar-refractivity contribution in [1.82, 2.24) is 9.78 Å². The SMILES string of the molecule is COc1ccc(C(=O)c2cnn(C)c2C)c(C)c1. The number of aromatic nitrogens is 2. The summed E-state index contributed by atoms with van der Waals surface area (Å²) < 4.78 is 6.84. The quantitative estimate of drug-likeness (QED) is 0.778. The number of rotatable bonds is 3. The highest BCUT2D eigenvalue weighted by atomic mass is 16.5. The highest BCUT2D eigenvalue weighted by Crippen LogP contribution is 2.20. The van der Waals surface area contributed by atoms with Crippen LogP contribution in [0.5, 0.6) is 5.75 Å². The molecule has 0 aliphatic heterocycles. The number of nitrogens with zero attached hydrogens (tertiary/aromatic N) is 2. The van der Waals surface area contributed by atoms with E-state index in [0.717, 1.165) is 17.0 Å². The van der Waals surface area contributed by atoms with Crippen LogP contribution in [0.3, 0.4) is 0 Å². The van der Waals surface area contributed by atoms with Crippen molar-refractivity contribution in [2.45, 2.75) is 13.8 Å². The Balaban J connectivity index is 2.43. The Bertz CT molecular complexity index is 600. The van der Waals surface area contributed by atoms with Crippen LogP contribution in [-0.4, -0.2) is 22.7 Å². The number of benzene rings is 1. The number of aryl methyl sites for hydroxylation is 2. The van der Waals surface area contributed by atoms with E-state index in [-0.39, 0.29) is 5.78 Å². The van der Waals surface area contributed by atoms with Gasteiger partial charge >= 0.3 is 0 Å². The second-order valence-electron chi connectivity index (χ2n) is 4.28. The molecule has 1 aromatic heterocycles. The smallest absolute Gasteiger partial charge is 0.196 e. The van der Waals surface area contributed by atoms with Crippen LogP contribution in [0.1, 0.15) is 27.2 Å². The fraction of sp³-hybridized carbons (Fsp3) is 0.286. The first-order valence-electron chi connectivity index (χ1n) is 5.72. The van der Waals surface area contributed by atoms with Gasteiger partial charge in [0.1, 0.15) is 5.75 Å². The van der Waals surface area contributed by atoms with Crippen LogP contribution in [0.25, 0.3) is 0 Å². The topological polar surface area (TPSA) is 44.1 Å². The average molecular weight is 244 g/mol. The molecule has 0 fully saturated rings. The molecule has 0 saturated heterocycles. The number of ketones is 1. The van der Waals surface area contributed by atoms with Gasteiger partial charge in [0.15, 0.2) is 5.78 Å². The second-order valence-corrected chi connectivity index (χ2v) is 4.28. The maximum atomic E-state index is 12.4. The molecule has 1 aromatic carbocycles. The van der Waals surface area contributed by atoms with Gasteiger partial charge in [-0.15, -0.1) is 0 Å². The van der Waals surface area contributed by atoms with Crippen LogP contribution in [0.15, 0.2) is 24.4 Å². The highest BCUT2D eigenvalue weighted by molar-refractivity contribution is 6.10. The lowest BCUT2D eigenvalue weighted by atomic mass is 9.99. The van der Waals surface area contributed by atoms with Crippen LogP contribution >= 0.6 is 0 Å². The zero-order valence-corrected chi connectivity index (χ0v) is 11.0. The molecule has 0 bridgehead atoms. The van der Waals surface area contributed by atoms with Gasteiger partial charge in [0.05, 0.1) is 18.9 Å². The van der Waals surface area contributed by atoms with Crippen molar-refractivity contribution in [3.63, 3.8) is 0 Å². The van der Waals surface area contributed by atoms with Crippen molar-refractivity contribution < 1.29 is 9.53 Å². The molecule has 2 rings (SSSR count). The van der Waals surface area contributed by atoms with E-state index in [1.165, 1.54) is 0 Å². The maximum Gasteiger partial charge on any atom is 0.196 e. The molecule has 0 atom stereocenters. The summed E-state index contributed by atoms with van der Waals surface area (Å²) in [6, 6.07) is 5.45. The first-order chi connectivity index (χ1) is 8.54. The summed E-state index contributed by atoms with van der Waals surface area (Å²) in [6.45, 7) is 3.79. The molecule has 0 N–H and O–H groups in total. The highest BCUT2D eigenvalue weighted by Gasteiger charge is 2.16.